The Morgan fingerprint density at radius 1 is 1.43 bits per heavy atom. The van der Waals surface area contributed by atoms with Gasteiger partial charge in [0.25, 0.3) is 5.91 Å². The monoisotopic (exact) mass is 334 g/mol. The van der Waals surface area contributed by atoms with Crippen molar-refractivity contribution in [1.29, 1.82) is 0 Å². The van der Waals surface area contributed by atoms with E-state index in [2.05, 4.69) is 20.1 Å². The fraction of sp³-hybridized carbons (Fsp3) is 0.562. The van der Waals surface area contributed by atoms with Gasteiger partial charge in [-0.25, -0.2) is 0 Å². The maximum absolute atomic E-state index is 11.8. The first-order valence-corrected chi connectivity index (χ1v) is 9.30. The minimum absolute atomic E-state index is 0.0965. The van der Waals surface area contributed by atoms with Crippen LogP contribution in [0.15, 0.2) is 28.2 Å². The van der Waals surface area contributed by atoms with Crippen molar-refractivity contribution in [3.05, 3.63) is 30.0 Å². The Balaban J connectivity index is 1.54. The highest BCUT2D eigenvalue weighted by atomic mass is 32.2. The molecule has 0 aromatic carbocycles. The summed E-state index contributed by atoms with van der Waals surface area (Å²) in [5.41, 5.74) is 0.559. The molecule has 7 heteroatoms. The van der Waals surface area contributed by atoms with E-state index in [1.165, 1.54) is 38.2 Å². The Kier molecular flexibility index (Phi) is 5.38. The van der Waals surface area contributed by atoms with Crippen LogP contribution in [0.2, 0.25) is 0 Å². The third kappa shape index (κ3) is 3.77. The maximum atomic E-state index is 11.8. The fourth-order valence-corrected chi connectivity index (χ4v) is 3.66. The SMILES string of the molecule is CSc1nnc(CCCNC(=O)c2ccoc2)n1C1CCCC1. The van der Waals surface area contributed by atoms with Crippen molar-refractivity contribution in [2.75, 3.05) is 12.8 Å². The van der Waals surface area contributed by atoms with Crippen LogP contribution in [0.25, 0.3) is 0 Å². The number of aromatic nitrogens is 3. The first kappa shape index (κ1) is 16.1. The smallest absolute Gasteiger partial charge is 0.254 e. The van der Waals surface area contributed by atoms with E-state index < -0.39 is 0 Å². The number of furan rings is 1. The van der Waals surface area contributed by atoms with Gasteiger partial charge in [0.05, 0.1) is 11.8 Å². The Morgan fingerprint density at radius 2 is 2.26 bits per heavy atom. The summed E-state index contributed by atoms with van der Waals surface area (Å²) in [6, 6.07) is 2.21. The Hall–Kier alpha value is -1.76. The number of hydrogen-bond acceptors (Lipinski definition) is 5. The van der Waals surface area contributed by atoms with E-state index in [-0.39, 0.29) is 5.91 Å². The quantitative estimate of drug-likeness (QED) is 0.622. The summed E-state index contributed by atoms with van der Waals surface area (Å²) in [7, 11) is 0. The number of nitrogens with zero attached hydrogens (tertiary/aromatic N) is 3. The normalized spacial score (nSPS) is 15.2. The molecule has 124 valence electrons. The molecule has 0 atom stereocenters. The maximum Gasteiger partial charge on any atom is 0.254 e. The van der Waals surface area contributed by atoms with E-state index in [0.717, 1.165) is 23.8 Å². The molecule has 0 spiro atoms. The van der Waals surface area contributed by atoms with Gasteiger partial charge in [-0.15, -0.1) is 10.2 Å². The van der Waals surface area contributed by atoms with Gasteiger partial charge in [0.2, 0.25) is 0 Å². The molecule has 23 heavy (non-hydrogen) atoms. The second-order valence-electron chi connectivity index (χ2n) is 5.78. The lowest BCUT2D eigenvalue weighted by molar-refractivity contribution is 0.0952. The minimum atomic E-state index is -0.0965. The van der Waals surface area contributed by atoms with Crippen LogP contribution in [-0.4, -0.2) is 33.5 Å². The van der Waals surface area contributed by atoms with Crippen LogP contribution in [0.5, 0.6) is 0 Å². The number of thioether (sulfide) groups is 1. The molecule has 1 aliphatic carbocycles. The predicted octanol–water partition coefficient (Wildman–Crippen LogP) is 3.07. The Bertz CT molecular complexity index is 633. The van der Waals surface area contributed by atoms with E-state index in [4.69, 9.17) is 4.42 Å². The number of aryl methyl sites for hydroxylation is 1. The van der Waals surface area contributed by atoms with Gasteiger partial charge in [0, 0.05) is 19.0 Å². The van der Waals surface area contributed by atoms with Gasteiger partial charge in [-0.3, -0.25) is 4.79 Å². The van der Waals surface area contributed by atoms with Crippen molar-refractivity contribution in [2.45, 2.75) is 49.7 Å². The molecule has 1 aliphatic rings. The minimum Gasteiger partial charge on any atom is -0.472 e. The van der Waals surface area contributed by atoms with Crippen LogP contribution < -0.4 is 5.32 Å². The Morgan fingerprint density at radius 3 is 2.96 bits per heavy atom. The van der Waals surface area contributed by atoms with Crippen LogP contribution in [-0.2, 0) is 6.42 Å². The molecule has 1 N–H and O–H groups in total. The largest absolute Gasteiger partial charge is 0.472 e. The van der Waals surface area contributed by atoms with Crippen molar-refractivity contribution < 1.29 is 9.21 Å². The van der Waals surface area contributed by atoms with Crippen molar-refractivity contribution >= 4 is 17.7 Å². The van der Waals surface area contributed by atoms with E-state index >= 15 is 0 Å². The molecule has 0 saturated heterocycles. The van der Waals surface area contributed by atoms with Crippen LogP contribution >= 0.6 is 11.8 Å². The first-order valence-electron chi connectivity index (χ1n) is 8.07. The first-order chi connectivity index (χ1) is 11.3. The molecular formula is C16H22N4O2S. The summed E-state index contributed by atoms with van der Waals surface area (Å²) in [5.74, 6) is 0.944. The van der Waals surface area contributed by atoms with E-state index in [9.17, 15) is 4.79 Å². The second kappa shape index (κ2) is 7.68. The molecule has 1 amide bonds. The average Bonchev–Trinajstić information content (AvgIpc) is 3.32. The highest BCUT2D eigenvalue weighted by Crippen LogP contribution is 2.33. The number of carbonyl (C=O) groups is 1. The number of rotatable bonds is 7. The van der Waals surface area contributed by atoms with Gasteiger partial charge in [0.1, 0.15) is 12.1 Å². The molecule has 0 radical (unpaired) electrons. The third-order valence-electron chi connectivity index (χ3n) is 4.25. The highest BCUT2D eigenvalue weighted by Gasteiger charge is 2.23. The summed E-state index contributed by atoms with van der Waals surface area (Å²) in [6.45, 7) is 0.621. The molecule has 1 saturated carbocycles. The summed E-state index contributed by atoms with van der Waals surface area (Å²) < 4.78 is 7.23. The van der Waals surface area contributed by atoms with E-state index in [0.29, 0.717) is 18.2 Å². The molecule has 2 aromatic heterocycles. The molecule has 0 aliphatic heterocycles. The van der Waals surface area contributed by atoms with Crippen LogP contribution in [0.1, 0.15) is 54.3 Å². The summed E-state index contributed by atoms with van der Waals surface area (Å²) >= 11 is 1.65. The Labute approximate surface area is 140 Å². The number of hydrogen-bond donors (Lipinski definition) is 1. The van der Waals surface area contributed by atoms with Crippen molar-refractivity contribution in [3.8, 4) is 0 Å². The summed E-state index contributed by atoms with van der Waals surface area (Å²) in [6.07, 6.45) is 11.7. The zero-order chi connectivity index (χ0) is 16.1. The topological polar surface area (TPSA) is 73.0 Å². The molecular weight excluding hydrogens is 312 g/mol. The molecule has 3 rings (SSSR count). The lowest BCUT2D eigenvalue weighted by atomic mass is 10.2. The second-order valence-corrected chi connectivity index (χ2v) is 6.56. The van der Waals surface area contributed by atoms with Crippen molar-refractivity contribution in [1.82, 2.24) is 20.1 Å². The summed E-state index contributed by atoms with van der Waals surface area (Å²) in [5, 5.41) is 12.6. The summed E-state index contributed by atoms with van der Waals surface area (Å²) in [4.78, 5) is 11.8. The van der Waals surface area contributed by atoms with Crippen molar-refractivity contribution in [3.63, 3.8) is 0 Å². The van der Waals surface area contributed by atoms with E-state index in [1.54, 1.807) is 17.8 Å². The molecule has 2 aromatic rings. The average molecular weight is 334 g/mol. The predicted molar refractivity (Wildman–Crippen MR) is 88.7 cm³/mol. The van der Waals surface area contributed by atoms with Gasteiger partial charge in [-0.05, 0) is 31.6 Å². The van der Waals surface area contributed by atoms with Crippen molar-refractivity contribution in [2.24, 2.45) is 0 Å². The zero-order valence-electron chi connectivity index (χ0n) is 13.3. The van der Waals surface area contributed by atoms with Crippen LogP contribution in [0, 0.1) is 0 Å². The van der Waals surface area contributed by atoms with Gasteiger partial charge in [-0.1, -0.05) is 24.6 Å². The number of carbonyl (C=O) groups excluding carboxylic acids is 1. The molecule has 1 fully saturated rings. The molecule has 6 nitrogen and oxygen atoms in total. The number of amides is 1. The van der Waals surface area contributed by atoms with Gasteiger partial charge < -0.3 is 14.3 Å². The standard InChI is InChI=1S/C16H22N4O2S/c1-23-16-19-18-14(20(16)13-5-2-3-6-13)7-4-9-17-15(21)12-8-10-22-11-12/h8,10-11,13H,2-7,9H2,1H3,(H,17,21). The molecule has 2 heterocycles. The third-order valence-corrected chi connectivity index (χ3v) is 4.90. The highest BCUT2D eigenvalue weighted by molar-refractivity contribution is 7.98. The fourth-order valence-electron chi connectivity index (χ4n) is 3.09. The lowest BCUT2D eigenvalue weighted by Crippen LogP contribution is -2.24. The van der Waals surface area contributed by atoms with Gasteiger partial charge in [0.15, 0.2) is 5.16 Å². The number of nitrogens with one attached hydrogen (secondary N) is 1. The molecule has 0 unspecified atom stereocenters. The zero-order valence-corrected chi connectivity index (χ0v) is 14.1. The molecule has 0 bridgehead atoms. The van der Waals surface area contributed by atoms with Crippen LogP contribution in [0.3, 0.4) is 0 Å². The van der Waals surface area contributed by atoms with Crippen LogP contribution in [0.4, 0.5) is 0 Å². The lowest BCUT2D eigenvalue weighted by Gasteiger charge is -2.16. The van der Waals surface area contributed by atoms with E-state index in [1.807, 2.05) is 6.26 Å². The van der Waals surface area contributed by atoms with Gasteiger partial charge in [-0.2, -0.15) is 0 Å². The van der Waals surface area contributed by atoms with Gasteiger partial charge >= 0.3 is 0 Å².